The molecular weight excluding hydrogens is 158 g/mol. The van der Waals surface area contributed by atoms with Gasteiger partial charge in [0.2, 0.25) is 0 Å². The summed E-state index contributed by atoms with van der Waals surface area (Å²) >= 11 is 0. The fraction of sp³-hybridized carbons (Fsp3) is 0.833. The summed E-state index contributed by atoms with van der Waals surface area (Å²) in [4.78, 5) is 0. The zero-order valence-corrected chi connectivity index (χ0v) is 9.91. The summed E-state index contributed by atoms with van der Waals surface area (Å²) in [6, 6.07) is 0. The molecule has 0 radical (unpaired) electrons. The van der Waals surface area contributed by atoms with Gasteiger partial charge in [-0.1, -0.05) is 33.8 Å². The SMILES string of the molecule is C=C(NC(C)(C)CCC)C(C)CC. The second-order valence-electron chi connectivity index (χ2n) is 4.59. The van der Waals surface area contributed by atoms with E-state index in [0.29, 0.717) is 5.92 Å². The number of hydrogen-bond donors (Lipinski definition) is 1. The van der Waals surface area contributed by atoms with E-state index < -0.39 is 0 Å². The van der Waals surface area contributed by atoms with Crippen molar-refractivity contribution in [3.05, 3.63) is 12.3 Å². The van der Waals surface area contributed by atoms with Crippen LogP contribution in [0.15, 0.2) is 12.3 Å². The van der Waals surface area contributed by atoms with Gasteiger partial charge in [0, 0.05) is 11.2 Å². The molecular formula is C12H25N. The van der Waals surface area contributed by atoms with Crippen LogP contribution in [0.25, 0.3) is 0 Å². The normalized spacial score (nSPS) is 13.9. The van der Waals surface area contributed by atoms with Gasteiger partial charge >= 0.3 is 0 Å². The second kappa shape index (κ2) is 5.31. The number of hydrogen-bond acceptors (Lipinski definition) is 1. The highest BCUT2D eigenvalue weighted by Crippen LogP contribution is 2.17. The molecule has 0 rings (SSSR count). The van der Waals surface area contributed by atoms with Crippen LogP contribution in [0.5, 0.6) is 0 Å². The lowest BCUT2D eigenvalue weighted by molar-refractivity contribution is 0.371. The predicted octanol–water partition coefficient (Wildman–Crippen LogP) is 3.71. The number of rotatable bonds is 6. The minimum absolute atomic E-state index is 0.204. The Bertz CT molecular complexity index is 159. The zero-order valence-electron chi connectivity index (χ0n) is 9.91. The summed E-state index contributed by atoms with van der Waals surface area (Å²) in [6.07, 6.45) is 3.57. The third kappa shape index (κ3) is 4.97. The molecule has 1 atom stereocenters. The van der Waals surface area contributed by atoms with E-state index in [0.717, 1.165) is 6.42 Å². The Morgan fingerprint density at radius 2 is 1.92 bits per heavy atom. The molecule has 0 spiro atoms. The van der Waals surface area contributed by atoms with Crippen molar-refractivity contribution in [2.45, 2.75) is 59.4 Å². The lowest BCUT2D eigenvalue weighted by atomic mass is 9.96. The van der Waals surface area contributed by atoms with Crippen molar-refractivity contribution in [3.63, 3.8) is 0 Å². The molecule has 0 aliphatic rings. The van der Waals surface area contributed by atoms with Crippen LogP contribution in [0, 0.1) is 5.92 Å². The quantitative estimate of drug-likeness (QED) is 0.662. The largest absolute Gasteiger partial charge is 0.384 e. The summed E-state index contributed by atoms with van der Waals surface area (Å²) in [5.41, 5.74) is 1.39. The standard InChI is InChI=1S/C12H25N/c1-7-9-12(5,6)13-11(4)10(3)8-2/h10,13H,4,7-9H2,1-3,5-6H3. The Kier molecular flexibility index (Phi) is 5.12. The molecule has 0 aromatic heterocycles. The molecule has 1 heteroatoms. The molecule has 1 nitrogen and oxygen atoms in total. The topological polar surface area (TPSA) is 12.0 Å². The highest BCUT2D eigenvalue weighted by molar-refractivity contribution is 5.00. The van der Waals surface area contributed by atoms with E-state index in [1.807, 2.05) is 0 Å². The molecule has 0 amide bonds. The first-order chi connectivity index (χ1) is 5.93. The molecule has 0 saturated heterocycles. The number of nitrogens with one attached hydrogen (secondary N) is 1. The van der Waals surface area contributed by atoms with Crippen LogP contribution < -0.4 is 5.32 Å². The summed E-state index contributed by atoms with van der Waals surface area (Å²) < 4.78 is 0. The molecule has 0 aromatic carbocycles. The maximum atomic E-state index is 4.08. The molecule has 78 valence electrons. The molecule has 0 bridgehead atoms. The molecule has 0 saturated carbocycles. The Morgan fingerprint density at radius 1 is 1.38 bits per heavy atom. The van der Waals surface area contributed by atoms with Gasteiger partial charge in [-0.15, -0.1) is 0 Å². The van der Waals surface area contributed by atoms with Crippen LogP contribution >= 0.6 is 0 Å². The van der Waals surface area contributed by atoms with Gasteiger partial charge in [0.25, 0.3) is 0 Å². The lowest BCUT2D eigenvalue weighted by Crippen LogP contribution is -2.39. The van der Waals surface area contributed by atoms with Crippen molar-refractivity contribution >= 4 is 0 Å². The van der Waals surface area contributed by atoms with Gasteiger partial charge in [0.15, 0.2) is 0 Å². The minimum atomic E-state index is 0.204. The fourth-order valence-corrected chi connectivity index (χ4v) is 1.49. The molecule has 1 unspecified atom stereocenters. The maximum Gasteiger partial charge on any atom is 0.0314 e. The first-order valence-corrected chi connectivity index (χ1v) is 5.40. The summed E-state index contributed by atoms with van der Waals surface area (Å²) in [6.45, 7) is 15.2. The predicted molar refractivity (Wildman–Crippen MR) is 60.7 cm³/mol. The minimum Gasteiger partial charge on any atom is -0.384 e. The van der Waals surface area contributed by atoms with Crippen LogP contribution in [-0.4, -0.2) is 5.54 Å². The molecule has 13 heavy (non-hydrogen) atoms. The Hall–Kier alpha value is -0.460. The zero-order chi connectivity index (χ0) is 10.5. The Labute approximate surface area is 83.6 Å². The van der Waals surface area contributed by atoms with Crippen molar-refractivity contribution in [3.8, 4) is 0 Å². The van der Waals surface area contributed by atoms with Crippen molar-refractivity contribution in [2.24, 2.45) is 5.92 Å². The highest BCUT2D eigenvalue weighted by Gasteiger charge is 2.17. The molecule has 0 aromatic rings. The van der Waals surface area contributed by atoms with Gasteiger partial charge in [-0.3, -0.25) is 0 Å². The van der Waals surface area contributed by atoms with Gasteiger partial charge in [-0.2, -0.15) is 0 Å². The molecule has 0 aliphatic heterocycles. The third-order valence-corrected chi connectivity index (χ3v) is 2.58. The van der Waals surface area contributed by atoms with E-state index in [4.69, 9.17) is 0 Å². The highest BCUT2D eigenvalue weighted by atomic mass is 15.0. The Morgan fingerprint density at radius 3 is 2.31 bits per heavy atom. The first kappa shape index (κ1) is 12.5. The Balaban J connectivity index is 4.03. The maximum absolute atomic E-state index is 4.08. The van der Waals surface area contributed by atoms with E-state index in [-0.39, 0.29) is 5.54 Å². The van der Waals surface area contributed by atoms with E-state index in [1.165, 1.54) is 18.5 Å². The molecule has 0 fully saturated rings. The van der Waals surface area contributed by atoms with Gasteiger partial charge in [0.1, 0.15) is 0 Å². The van der Waals surface area contributed by atoms with Crippen LogP contribution in [0.1, 0.15) is 53.9 Å². The fourth-order valence-electron chi connectivity index (χ4n) is 1.49. The van der Waals surface area contributed by atoms with Gasteiger partial charge in [-0.05, 0) is 32.6 Å². The summed E-state index contributed by atoms with van der Waals surface area (Å²) in [7, 11) is 0. The van der Waals surface area contributed by atoms with Crippen LogP contribution in [0.2, 0.25) is 0 Å². The van der Waals surface area contributed by atoms with E-state index in [9.17, 15) is 0 Å². The number of allylic oxidation sites excluding steroid dienone is 1. The van der Waals surface area contributed by atoms with E-state index in [1.54, 1.807) is 0 Å². The van der Waals surface area contributed by atoms with E-state index >= 15 is 0 Å². The monoisotopic (exact) mass is 183 g/mol. The van der Waals surface area contributed by atoms with Gasteiger partial charge in [-0.25, -0.2) is 0 Å². The van der Waals surface area contributed by atoms with Crippen LogP contribution in [0.3, 0.4) is 0 Å². The molecule has 0 heterocycles. The van der Waals surface area contributed by atoms with Gasteiger partial charge < -0.3 is 5.32 Å². The van der Waals surface area contributed by atoms with Crippen molar-refractivity contribution in [2.75, 3.05) is 0 Å². The average molecular weight is 183 g/mol. The first-order valence-electron chi connectivity index (χ1n) is 5.40. The third-order valence-electron chi connectivity index (χ3n) is 2.58. The lowest BCUT2D eigenvalue weighted by Gasteiger charge is -2.30. The van der Waals surface area contributed by atoms with Crippen molar-refractivity contribution in [1.29, 1.82) is 0 Å². The molecule has 1 N–H and O–H groups in total. The van der Waals surface area contributed by atoms with Crippen LogP contribution in [-0.2, 0) is 0 Å². The van der Waals surface area contributed by atoms with E-state index in [2.05, 4.69) is 46.5 Å². The second-order valence-corrected chi connectivity index (χ2v) is 4.59. The average Bonchev–Trinajstić information content (AvgIpc) is 2.01. The van der Waals surface area contributed by atoms with Gasteiger partial charge in [0.05, 0.1) is 0 Å². The smallest absolute Gasteiger partial charge is 0.0314 e. The van der Waals surface area contributed by atoms with Crippen LogP contribution in [0.4, 0.5) is 0 Å². The van der Waals surface area contributed by atoms with Crippen molar-refractivity contribution < 1.29 is 0 Å². The van der Waals surface area contributed by atoms with Crippen molar-refractivity contribution in [1.82, 2.24) is 5.32 Å². The summed E-state index contributed by atoms with van der Waals surface area (Å²) in [5.74, 6) is 0.580. The molecule has 0 aliphatic carbocycles. The summed E-state index contributed by atoms with van der Waals surface area (Å²) in [5, 5.41) is 3.51.